The molecule has 2 saturated heterocycles. The summed E-state index contributed by atoms with van der Waals surface area (Å²) < 4.78 is 11.1. The van der Waals surface area contributed by atoms with E-state index in [0.717, 1.165) is 12.8 Å². The van der Waals surface area contributed by atoms with E-state index in [0.29, 0.717) is 12.6 Å². The molecule has 0 saturated carbocycles. The molecule has 5 heteroatoms. The molecule has 4 unspecified atom stereocenters. The molecule has 2 fully saturated rings. The summed E-state index contributed by atoms with van der Waals surface area (Å²) in [4.78, 5) is 12.2. The standard InChI is InChI=1S/C12H23N2O3/c1-12(2,3)17-11(15)14(4)6-5-8-9(16-8)7-10(14)13/h8-10H,5-7,13H2,1-4H3/q+1. The van der Waals surface area contributed by atoms with Gasteiger partial charge in [0.05, 0.1) is 25.8 Å². The lowest BCUT2D eigenvalue weighted by atomic mass is 10.2. The number of likely N-dealkylation sites (tertiary alicyclic amines) is 1. The molecule has 1 amide bonds. The van der Waals surface area contributed by atoms with Gasteiger partial charge in [-0.15, -0.1) is 0 Å². The molecule has 17 heavy (non-hydrogen) atoms. The van der Waals surface area contributed by atoms with E-state index in [1.807, 2.05) is 27.8 Å². The normalized spacial score (nSPS) is 41.4. The lowest BCUT2D eigenvalue weighted by Crippen LogP contribution is -2.61. The van der Waals surface area contributed by atoms with E-state index in [4.69, 9.17) is 15.2 Å². The zero-order chi connectivity index (χ0) is 12.8. The van der Waals surface area contributed by atoms with Crippen molar-refractivity contribution in [1.82, 2.24) is 0 Å². The number of carbonyl (C=O) groups is 1. The smallest absolute Gasteiger partial charge is 0.414 e. The summed E-state index contributed by atoms with van der Waals surface area (Å²) >= 11 is 0. The van der Waals surface area contributed by atoms with Crippen molar-refractivity contribution in [2.24, 2.45) is 5.73 Å². The zero-order valence-corrected chi connectivity index (χ0v) is 11.1. The fraction of sp³-hybridized carbons (Fsp3) is 0.917. The number of quaternary nitrogens is 1. The third-order valence-electron chi connectivity index (χ3n) is 3.58. The van der Waals surface area contributed by atoms with Crippen molar-refractivity contribution in [2.75, 3.05) is 13.6 Å². The molecule has 0 aliphatic carbocycles. The lowest BCUT2D eigenvalue weighted by molar-refractivity contribution is -0.864. The van der Waals surface area contributed by atoms with Crippen molar-refractivity contribution in [3.63, 3.8) is 0 Å². The van der Waals surface area contributed by atoms with Gasteiger partial charge >= 0.3 is 6.09 Å². The van der Waals surface area contributed by atoms with Crippen molar-refractivity contribution >= 4 is 6.09 Å². The third-order valence-corrected chi connectivity index (χ3v) is 3.58. The SMILES string of the molecule is CC(C)(C)OC(=O)[N+]1(C)CCC2OC2CC1N. The van der Waals surface area contributed by atoms with Crippen LogP contribution in [0.15, 0.2) is 0 Å². The number of hydrogen-bond acceptors (Lipinski definition) is 4. The van der Waals surface area contributed by atoms with Gasteiger partial charge in [-0.25, -0.2) is 4.48 Å². The van der Waals surface area contributed by atoms with Gasteiger partial charge in [-0.2, -0.15) is 4.79 Å². The van der Waals surface area contributed by atoms with Crippen LogP contribution < -0.4 is 5.73 Å². The number of hydrogen-bond donors (Lipinski definition) is 1. The van der Waals surface area contributed by atoms with E-state index < -0.39 is 5.60 Å². The van der Waals surface area contributed by atoms with Gasteiger partial charge in [-0.1, -0.05) is 0 Å². The first-order valence-corrected chi connectivity index (χ1v) is 6.22. The second kappa shape index (κ2) is 3.93. The van der Waals surface area contributed by atoms with Crippen LogP contribution in [0.1, 0.15) is 33.6 Å². The second-order valence-electron chi connectivity index (χ2n) is 6.28. The summed E-state index contributed by atoms with van der Waals surface area (Å²) in [5.41, 5.74) is 5.67. The van der Waals surface area contributed by atoms with E-state index in [1.54, 1.807) is 0 Å². The molecule has 0 aromatic rings. The quantitative estimate of drug-likeness (QED) is 0.513. The predicted molar refractivity (Wildman–Crippen MR) is 63.2 cm³/mol. The largest absolute Gasteiger partial charge is 0.517 e. The lowest BCUT2D eigenvalue weighted by Gasteiger charge is -2.36. The fourth-order valence-electron chi connectivity index (χ4n) is 2.27. The summed E-state index contributed by atoms with van der Waals surface area (Å²) in [6.07, 6.45) is 1.72. The summed E-state index contributed by atoms with van der Waals surface area (Å²) in [6, 6.07) is 0. The number of nitrogens with zero attached hydrogens (tertiary/aromatic N) is 1. The maximum Gasteiger partial charge on any atom is 0.517 e. The maximum atomic E-state index is 12.2. The van der Waals surface area contributed by atoms with Gasteiger partial charge in [-0.3, -0.25) is 5.73 Å². The highest BCUT2D eigenvalue weighted by molar-refractivity contribution is 5.60. The minimum Gasteiger partial charge on any atom is -0.414 e. The Morgan fingerprint density at radius 2 is 2.06 bits per heavy atom. The third kappa shape index (κ3) is 2.61. The first-order valence-electron chi connectivity index (χ1n) is 6.22. The topological polar surface area (TPSA) is 64.8 Å². The van der Waals surface area contributed by atoms with Gasteiger partial charge in [-0.05, 0) is 20.8 Å². The average molecular weight is 243 g/mol. The molecule has 0 aromatic heterocycles. The maximum absolute atomic E-state index is 12.2. The Balaban J connectivity index is 2.08. The Bertz CT molecular complexity index is 326. The molecule has 0 radical (unpaired) electrons. The van der Waals surface area contributed by atoms with Crippen LogP contribution in [0, 0.1) is 0 Å². The van der Waals surface area contributed by atoms with Crippen LogP contribution in [0.3, 0.4) is 0 Å². The van der Waals surface area contributed by atoms with E-state index in [1.165, 1.54) is 0 Å². The summed E-state index contributed by atoms with van der Waals surface area (Å²) in [5, 5.41) is 0. The Hall–Kier alpha value is -0.650. The molecule has 2 heterocycles. The van der Waals surface area contributed by atoms with Crippen LogP contribution in [-0.4, -0.2) is 48.1 Å². The van der Waals surface area contributed by atoms with Gasteiger partial charge in [0.1, 0.15) is 5.60 Å². The summed E-state index contributed by atoms with van der Waals surface area (Å²) in [7, 11) is 1.86. The number of epoxide rings is 1. The number of fused-ring (bicyclic) bond motifs is 1. The number of nitrogens with two attached hydrogens (primary N) is 1. The highest BCUT2D eigenvalue weighted by atomic mass is 16.6. The average Bonchev–Trinajstić information content (AvgIpc) is 2.89. The molecule has 98 valence electrons. The first-order chi connectivity index (χ1) is 7.72. The first kappa shape index (κ1) is 12.8. The van der Waals surface area contributed by atoms with Crippen LogP contribution in [0.25, 0.3) is 0 Å². The molecular weight excluding hydrogens is 220 g/mol. The molecule has 0 aromatic carbocycles. The highest BCUT2D eigenvalue weighted by Gasteiger charge is 2.52. The highest BCUT2D eigenvalue weighted by Crippen LogP contribution is 2.35. The Labute approximate surface area is 102 Å². The van der Waals surface area contributed by atoms with Crippen molar-refractivity contribution in [3.8, 4) is 0 Å². The van der Waals surface area contributed by atoms with E-state index in [2.05, 4.69) is 0 Å². The molecule has 5 nitrogen and oxygen atoms in total. The van der Waals surface area contributed by atoms with Crippen LogP contribution in [0.2, 0.25) is 0 Å². The molecule has 0 bridgehead atoms. The van der Waals surface area contributed by atoms with Crippen LogP contribution in [0.5, 0.6) is 0 Å². The van der Waals surface area contributed by atoms with Crippen molar-refractivity contribution in [3.05, 3.63) is 0 Å². The van der Waals surface area contributed by atoms with Gasteiger partial charge < -0.3 is 9.47 Å². The van der Waals surface area contributed by atoms with E-state index >= 15 is 0 Å². The van der Waals surface area contributed by atoms with E-state index in [9.17, 15) is 4.79 Å². The molecule has 2 rings (SSSR count). The summed E-state index contributed by atoms with van der Waals surface area (Å²) in [5.74, 6) is 0. The molecule has 4 atom stereocenters. The van der Waals surface area contributed by atoms with Gasteiger partial charge in [0.15, 0.2) is 6.17 Å². The predicted octanol–water partition coefficient (Wildman–Crippen LogP) is 1.21. The second-order valence-corrected chi connectivity index (χ2v) is 6.28. The Morgan fingerprint density at radius 1 is 1.41 bits per heavy atom. The Kier molecular flexibility index (Phi) is 2.96. The fourth-order valence-corrected chi connectivity index (χ4v) is 2.27. The van der Waals surface area contributed by atoms with Crippen molar-refractivity contribution in [1.29, 1.82) is 0 Å². The molecule has 2 aliphatic rings. The Morgan fingerprint density at radius 3 is 2.65 bits per heavy atom. The van der Waals surface area contributed by atoms with Crippen molar-refractivity contribution in [2.45, 2.75) is 57.6 Å². The minimum absolute atomic E-state index is 0.160. The van der Waals surface area contributed by atoms with Gasteiger partial charge in [0.2, 0.25) is 0 Å². The molecule has 2 N–H and O–H groups in total. The number of carbonyl (C=O) groups excluding carboxylic acids is 1. The van der Waals surface area contributed by atoms with Crippen LogP contribution >= 0.6 is 0 Å². The summed E-state index contributed by atoms with van der Waals surface area (Å²) in [6.45, 7) is 6.32. The zero-order valence-electron chi connectivity index (χ0n) is 11.1. The van der Waals surface area contributed by atoms with E-state index in [-0.39, 0.29) is 22.8 Å². The van der Waals surface area contributed by atoms with Crippen LogP contribution in [0.4, 0.5) is 4.79 Å². The molecular formula is C12H23N2O3+. The number of rotatable bonds is 0. The number of ether oxygens (including phenoxy) is 2. The minimum atomic E-state index is -0.468. The molecule has 0 spiro atoms. The monoisotopic (exact) mass is 243 g/mol. The van der Waals surface area contributed by atoms with Crippen molar-refractivity contribution < 1.29 is 18.8 Å². The van der Waals surface area contributed by atoms with Gasteiger partial charge in [0, 0.05) is 12.8 Å². The van der Waals surface area contributed by atoms with Gasteiger partial charge in [0.25, 0.3) is 0 Å². The molecule has 2 aliphatic heterocycles. The number of amides is 1. The van der Waals surface area contributed by atoms with Crippen LogP contribution in [-0.2, 0) is 9.47 Å².